The zero-order chi connectivity index (χ0) is 15.3. The molecule has 1 aliphatic heterocycles. The second-order valence-electron chi connectivity index (χ2n) is 6.64. The lowest BCUT2D eigenvalue weighted by Crippen LogP contribution is -2.53. The molecule has 0 aromatic rings. The molecule has 1 saturated heterocycles. The van der Waals surface area contributed by atoms with Gasteiger partial charge in [-0.05, 0) is 58.3 Å². The van der Waals surface area contributed by atoms with Gasteiger partial charge in [0, 0.05) is 18.5 Å². The number of hydrogen-bond acceptors (Lipinski definition) is 3. The Morgan fingerprint density at radius 2 is 1.90 bits per heavy atom. The van der Waals surface area contributed by atoms with Gasteiger partial charge in [-0.2, -0.15) is 0 Å². The Bertz CT molecular complexity index is 378. The Hall–Kier alpha value is -1.26. The fourth-order valence-corrected chi connectivity index (χ4v) is 3.52. The number of carbonyl (C=O) groups is 2. The molecule has 5 nitrogen and oxygen atoms in total. The molecule has 0 aromatic heterocycles. The number of carboxylic acid groups (broad SMARTS) is 1. The Morgan fingerprint density at radius 3 is 2.57 bits per heavy atom. The number of ether oxygens (including phenoxy) is 1. The molecule has 1 amide bonds. The fraction of sp³-hybridized carbons (Fsp3) is 0.875. The predicted octanol–water partition coefficient (Wildman–Crippen LogP) is 3.57. The summed E-state index contributed by atoms with van der Waals surface area (Å²) in [5, 5.41) is 8.91. The molecule has 1 atom stereocenters. The van der Waals surface area contributed by atoms with Crippen molar-refractivity contribution in [1.82, 2.24) is 4.90 Å². The monoisotopic (exact) mass is 297 g/mol. The molecule has 5 heteroatoms. The SMILES string of the molecule is CC1(CCC(=O)O)CCCCN1C(=O)OC1CCCCC1. The highest BCUT2D eigenvalue weighted by molar-refractivity contribution is 5.70. The van der Waals surface area contributed by atoms with E-state index in [0.29, 0.717) is 13.0 Å². The van der Waals surface area contributed by atoms with Gasteiger partial charge in [0.15, 0.2) is 0 Å². The van der Waals surface area contributed by atoms with Gasteiger partial charge in [0.1, 0.15) is 6.10 Å². The van der Waals surface area contributed by atoms with Gasteiger partial charge >= 0.3 is 12.1 Å². The molecule has 1 N–H and O–H groups in total. The van der Waals surface area contributed by atoms with Gasteiger partial charge in [-0.25, -0.2) is 4.79 Å². The summed E-state index contributed by atoms with van der Waals surface area (Å²) in [5.74, 6) is -0.803. The maximum atomic E-state index is 12.5. The Labute approximate surface area is 126 Å². The predicted molar refractivity (Wildman–Crippen MR) is 79.2 cm³/mol. The smallest absolute Gasteiger partial charge is 0.410 e. The first-order valence-corrected chi connectivity index (χ1v) is 8.21. The molecule has 1 unspecified atom stereocenters. The van der Waals surface area contributed by atoms with Crippen molar-refractivity contribution in [3.05, 3.63) is 0 Å². The van der Waals surface area contributed by atoms with E-state index in [-0.39, 0.29) is 24.2 Å². The van der Waals surface area contributed by atoms with E-state index < -0.39 is 5.97 Å². The third-order valence-corrected chi connectivity index (χ3v) is 4.92. The standard InChI is InChI=1S/C16H27NO4/c1-16(11-9-14(18)19)10-5-6-12-17(16)15(20)21-13-7-3-2-4-8-13/h13H,2-12H2,1H3,(H,18,19). The summed E-state index contributed by atoms with van der Waals surface area (Å²) >= 11 is 0. The number of piperidine rings is 1. The first kappa shape index (κ1) is 16.1. The van der Waals surface area contributed by atoms with E-state index in [1.54, 1.807) is 4.90 Å². The summed E-state index contributed by atoms with van der Waals surface area (Å²) in [7, 11) is 0. The number of nitrogens with zero attached hydrogens (tertiary/aromatic N) is 1. The van der Waals surface area contributed by atoms with Crippen LogP contribution < -0.4 is 0 Å². The van der Waals surface area contributed by atoms with Crippen LogP contribution in [0, 0.1) is 0 Å². The Balaban J connectivity index is 1.96. The van der Waals surface area contributed by atoms with Gasteiger partial charge in [0.25, 0.3) is 0 Å². The van der Waals surface area contributed by atoms with Crippen LogP contribution >= 0.6 is 0 Å². The second kappa shape index (κ2) is 7.14. The number of carboxylic acids is 1. The molecular formula is C16H27NO4. The maximum Gasteiger partial charge on any atom is 0.410 e. The van der Waals surface area contributed by atoms with Crippen molar-refractivity contribution in [2.75, 3.05) is 6.54 Å². The molecule has 1 saturated carbocycles. The van der Waals surface area contributed by atoms with Gasteiger partial charge in [-0.3, -0.25) is 4.79 Å². The molecular weight excluding hydrogens is 270 g/mol. The largest absolute Gasteiger partial charge is 0.481 e. The van der Waals surface area contributed by atoms with Crippen LogP contribution in [0.1, 0.15) is 71.1 Å². The second-order valence-corrected chi connectivity index (χ2v) is 6.64. The van der Waals surface area contributed by atoms with E-state index in [1.807, 2.05) is 6.92 Å². The third kappa shape index (κ3) is 4.35. The Kier molecular flexibility index (Phi) is 5.48. The lowest BCUT2D eigenvalue weighted by Gasteiger charge is -2.44. The number of hydrogen-bond donors (Lipinski definition) is 1. The molecule has 1 heterocycles. The van der Waals surface area contributed by atoms with E-state index in [0.717, 1.165) is 44.9 Å². The summed E-state index contributed by atoms with van der Waals surface area (Å²) in [6, 6.07) is 0. The van der Waals surface area contributed by atoms with Crippen LogP contribution in [0.3, 0.4) is 0 Å². The topological polar surface area (TPSA) is 66.8 Å². The van der Waals surface area contributed by atoms with Crippen molar-refractivity contribution in [2.45, 2.75) is 82.8 Å². The highest BCUT2D eigenvalue weighted by Crippen LogP contribution is 2.33. The van der Waals surface area contributed by atoms with Crippen LogP contribution in [-0.2, 0) is 9.53 Å². The molecule has 0 aromatic carbocycles. The number of carbonyl (C=O) groups excluding carboxylic acids is 1. The summed E-state index contributed by atoms with van der Waals surface area (Å²) in [6.45, 7) is 2.68. The van der Waals surface area contributed by atoms with Gasteiger partial charge in [-0.1, -0.05) is 6.42 Å². The summed E-state index contributed by atoms with van der Waals surface area (Å²) in [5.41, 5.74) is -0.373. The maximum absolute atomic E-state index is 12.5. The van der Waals surface area contributed by atoms with E-state index in [1.165, 1.54) is 6.42 Å². The van der Waals surface area contributed by atoms with E-state index in [9.17, 15) is 9.59 Å². The molecule has 1 aliphatic carbocycles. The minimum Gasteiger partial charge on any atom is -0.481 e. The van der Waals surface area contributed by atoms with Crippen molar-refractivity contribution in [1.29, 1.82) is 0 Å². The van der Waals surface area contributed by atoms with Crippen molar-refractivity contribution in [3.63, 3.8) is 0 Å². The first-order valence-electron chi connectivity index (χ1n) is 8.21. The van der Waals surface area contributed by atoms with Crippen LogP contribution in [0.5, 0.6) is 0 Å². The van der Waals surface area contributed by atoms with Crippen molar-refractivity contribution in [2.24, 2.45) is 0 Å². The highest BCUT2D eigenvalue weighted by Gasteiger charge is 2.39. The van der Waals surface area contributed by atoms with Crippen LogP contribution in [0.2, 0.25) is 0 Å². The van der Waals surface area contributed by atoms with Crippen LogP contribution in [0.25, 0.3) is 0 Å². The average Bonchev–Trinajstić information content (AvgIpc) is 2.47. The van der Waals surface area contributed by atoms with Gasteiger partial charge in [0.05, 0.1) is 0 Å². The average molecular weight is 297 g/mol. The minimum absolute atomic E-state index is 0.0527. The number of rotatable bonds is 4. The van der Waals surface area contributed by atoms with Gasteiger partial charge in [0.2, 0.25) is 0 Å². The van der Waals surface area contributed by atoms with Gasteiger partial charge in [-0.15, -0.1) is 0 Å². The molecule has 120 valence electrons. The normalized spacial score (nSPS) is 27.4. The molecule has 2 rings (SSSR count). The number of aliphatic carboxylic acids is 1. The van der Waals surface area contributed by atoms with Crippen molar-refractivity contribution < 1.29 is 19.4 Å². The number of likely N-dealkylation sites (tertiary alicyclic amines) is 1. The van der Waals surface area contributed by atoms with Gasteiger partial charge < -0.3 is 14.7 Å². The molecule has 0 spiro atoms. The fourth-order valence-electron chi connectivity index (χ4n) is 3.52. The van der Waals surface area contributed by atoms with Crippen LogP contribution in [0.4, 0.5) is 4.79 Å². The molecule has 2 fully saturated rings. The summed E-state index contributed by atoms with van der Waals surface area (Å²) in [4.78, 5) is 25.1. The molecule has 0 bridgehead atoms. The number of amides is 1. The molecule has 2 aliphatic rings. The zero-order valence-electron chi connectivity index (χ0n) is 13.0. The Morgan fingerprint density at radius 1 is 1.19 bits per heavy atom. The lowest BCUT2D eigenvalue weighted by atomic mass is 9.84. The quantitative estimate of drug-likeness (QED) is 0.861. The van der Waals surface area contributed by atoms with E-state index in [4.69, 9.17) is 9.84 Å². The van der Waals surface area contributed by atoms with E-state index in [2.05, 4.69) is 0 Å². The summed E-state index contributed by atoms with van der Waals surface area (Å²) < 4.78 is 5.67. The molecule has 0 radical (unpaired) electrons. The van der Waals surface area contributed by atoms with Crippen LogP contribution in [0.15, 0.2) is 0 Å². The first-order chi connectivity index (χ1) is 10.0. The minimum atomic E-state index is -0.803. The van der Waals surface area contributed by atoms with Crippen molar-refractivity contribution in [3.8, 4) is 0 Å². The molecule has 21 heavy (non-hydrogen) atoms. The zero-order valence-corrected chi connectivity index (χ0v) is 13.0. The van der Waals surface area contributed by atoms with Crippen molar-refractivity contribution >= 4 is 12.1 Å². The van der Waals surface area contributed by atoms with E-state index >= 15 is 0 Å². The van der Waals surface area contributed by atoms with Crippen LogP contribution in [-0.4, -0.2) is 40.3 Å². The highest BCUT2D eigenvalue weighted by atomic mass is 16.6. The lowest BCUT2D eigenvalue weighted by molar-refractivity contribution is -0.138. The summed E-state index contributed by atoms with van der Waals surface area (Å²) in [6.07, 6.45) is 8.72. The third-order valence-electron chi connectivity index (χ3n) is 4.92.